The number of benzene rings is 2. The van der Waals surface area contributed by atoms with Crippen molar-refractivity contribution in [2.45, 2.75) is 6.18 Å². The van der Waals surface area contributed by atoms with Crippen LogP contribution in [0.2, 0.25) is 10.0 Å². The van der Waals surface area contributed by atoms with Crippen molar-refractivity contribution in [3.8, 4) is 0 Å². The second-order valence-electron chi connectivity index (χ2n) is 4.27. The lowest BCUT2D eigenvalue weighted by Crippen LogP contribution is -2.14. The van der Waals surface area contributed by atoms with E-state index >= 15 is 0 Å². The van der Waals surface area contributed by atoms with Crippen LogP contribution in [0.4, 0.5) is 18.9 Å². The van der Waals surface area contributed by atoms with Gasteiger partial charge in [0.15, 0.2) is 0 Å². The molecule has 0 aromatic heterocycles. The van der Waals surface area contributed by atoms with Gasteiger partial charge in [-0.1, -0.05) is 39.1 Å². The minimum absolute atomic E-state index is 0.00697. The molecule has 2 nitrogen and oxygen atoms in total. The van der Waals surface area contributed by atoms with Gasteiger partial charge in [0.2, 0.25) is 0 Å². The molecule has 0 radical (unpaired) electrons. The average molecular weight is 413 g/mol. The highest BCUT2D eigenvalue weighted by Crippen LogP contribution is 2.34. The lowest BCUT2D eigenvalue weighted by atomic mass is 10.1. The van der Waals surface area contributed by atoms with Crippen LogP contribution >= 0.6 is 39.1 Å². The van der Waals surface area contributed by atoms with Gasteiger partial charge in [-0.3, -0.25) is 4.79 Å². The van der Waals surface area contributed by atoms with Gasteiger partial charge in [0.05, 0.1) is 26.9 Å². The van der Waals surface area contributed by atoms with Gasteiger partial charge in [-0.25, -0.2) is 0 Å². The topological polar surface area (TPSA) is 29.1 Å². The van der Waals surface area contributed by atoms with Crippen molar-refractivity contribution < 1.29 is 18.0 Å². The number of hydrogen-bond acceptors (Lipinski definition) is 1. The van der Waals surface area contributed by atoms with E-state index in [0.29, 0.717) is 4.47 Å². The van der Waals surface area contributed by atoms with E-state index < -0.39 is 17.6 Å². The number of halogens is 6. The first-order valence-corrected chi connectivity index (χ1v) is 7.36. The van der Waals surface area contributed by atoms with Gasteiger partial charge >= 0.3 is 6.18 Å². The molecular weight excluding hydrogens is 406 g/mol. The fourth-order valence-electron chi connectivity index (χ4n) is 1.66. The van der Waals surface area contributed by atoms with Crippen molar-refractivity contribution in [2.75, 3.05) is 5.32 Å². The molecule has 0 atom stereocenters. The normalized spacial score (nSPS) is 11.4. The molecule has 0 aliphatic carbocycles. The van der Waals surface area contributed by atoms with E-state index in [1.54, 1.807) is 6.07 Å². The van der Waals surface area contributed by atoms with E-state index in [1.807, 2.05) is 0 Å². The first kappa shape index (κ1) is 17.1. The first-order valence-electron chi connectivity index (χ1n) is 5.81. The van der Waals surface area contributed by atoms with Crippen LogP contribution in [0.3, 0.4) is 0 Å². The molecule has 2 rings (SSSR count). The SMILES string of the molecule is O=C(Nc1cc(C(F)(F)F)ccc1Cl)c1cc(Br)ccc1Cl. The monoisotopic (exact) mass is 411 g/mol. The summed E-state index contributed by atoms with van der Waals surface area (Å²) in [6, 6.07) is 7.27. The van der Waals surface area contributed by atoms with Crippen molar-refractivity contribution in [1.82, 2.24) is 0 Å². The van der Waals surface area contributed by atoms with E-state index in [1.165, 1.54) is 12.1 Å². The quantitative estimate of drug-likeness (QED) is 0.641. The number of anilines is 1. The molecule has 0 saturated heterocycles. The molecule has 0 aliphatic heterocycles. The largest absolute Gasteiger partial charge is 0.416 e. The van der Waals surface area contributed by atoms with Crippen LogP contribution in [-0.4, -0.2) is 5.91 Å². The number of hydrogen-bond donors (Lipinski definition) is 1. The van der Waals surface area contributed by atoms with Gasteiger partial charge < -0.3 is 5.32 Å². The number of carbonyl (C=O) groups is 1. The molecule has 2 aromatic carbocycles. The Bertz CT molecular complexity index is 735. The molecule has 0 aliphatic rings. The number of amides is 1. The third-order valence-corrected chi connectivity index (χ3v) is 3.87. The zero-order valence-corrected chi connectivity index (χ0v) is 13.7. The summed E-state index contributed by atoms with van der Waals surface area (Å²) in [6.45, 7) is 0. The summed E-state index contributed by atoms with van der Waals surface area (Å²) in [7, 11) is 0. The van der Waals surface area contributed by atoms with Gasteiger partial charge in [-0.15, -0.1) is 0 Å². The lowest BCUT2D eigenvalue weighted by Gasteiger charge is -2.12. The Morgan fingerprint density at radius 1 is 1.05 bits per heavy atom. The van der Waals surface area contributed by atoms with E-state index in [9.17, 15) is 18.0 Å². The van der Waals surface area contributed by atoms with E-state index in [-0.39, 0.29) is 21.3 Å². The minimum Gasteiger partial charge on any atom is -0.321 e. The number of carbonyl (C=O) groups excluding carboxylic acids is 1. The Labute approximate surface area is 142 Å². The fourth-order valence-corrected chi connectivity index (χ4v) is 2.39. The van der Waals surface area contributed by atoms with Gasteiger partial charge in [0.25, 0.3) is 5.91 Å². The van der Waals surface area contributed by atoms with Crippen molar-refractivity contribution in [1.29, 1.82) is 0 Å². The summed E-state index contributed by atoms with van der Waals surface area (Å²) in [6.07, 6.45) is -4.53. The van der Waals surface area contributed by atoms with Crippen LogP contribution in [0.15, 0.2) is 40.9 Å². The van der Waals surface area contributed by atoms with Crippen molar-refractivity contribution >= 4 is 50.7 Å². The highest BCUT2D eigenvalue weighted by atomic mass is 79.9. The molecule has 1 N–H and O–H groups in total. The molecule has 0 fully saturated rings. The summed E-state index contributed by atoms with van der Waals surface area (Å²) >= 11 is 14.9. The van der Waals surface area contributed by atoms with Crippen LogP contribution < -0.4 is 5.32 Å². The molecule has 22 heavy (non-hydrogen) atoms. The molecule has 8 heteroatoms. The smallest absolute Gasteiger partial charge is 0.321 e. The molecule has 0 spiro atoms. The molecule has 1 amide bonds. The fraction of sp³-hybridized carbons (Fsp3) is 0.0714. The highest BCUT2D eigenvalue weighted by Gasteiger charge is 2.31. The van der Waals surface area contributed by atoms with Crippen LogP contribution in [0.5, 0.6) is 0 Å². The van der Waals surface area contributed by atoms with Crippen LogP contribution in [0.25, 0.3) is 0 Å². The van der Waals surface area contributed by atoms with Crippen molar-refractivity contribution in [3.05, 3.63) is 62.0 Å². The Balaban J connectivity index is 2.34. The van der Waals surface area contributed by atoms with Gasteiger partial charge in [-0.2, -0.15) is 13.2 Å². The number of alkyl halides is 3. The van der Waals surface area contributed by atoms with E-state index in [0.717, 1.165) is 18.2 Å². The summed E-state index contributed by atoms with van der Waals surface area (Å²) < 4.78 is 38.7. The summed E-state index contributed by atoms with van der Waals surface area (Å²) in [5, 5.41) is 2.49. The maximum Gasteiger partial charge on any atom is 0.416 e. The zero-order chi connectivity index (χ0) is 16.5. The Kier molecular flexibility index (Phi) is 5.04. The Morgan fingerprint density at radius 3 is 2.32 bits per heavy atom. The number of nitrogens with one attached hydrogen (secondary N) is 1. The van der Waals surface area contributed by atoms with E-state index in [4.69, 9.17) is 23.2 Å². The van der Waals surface area contributed by atoms with Crippen molar-refractivity contribution in [3.63, 3.8) is 0 Å². The third-order valence-electron chi connectivity index (χ3n) is 2.71. The molecule has 0 saturated carbocycles. The predicted octanol–water partition coefficient (Wildman–Crippen LogP) is 6.03. The molecule has 0 unspecified atom stereocenters. The lowest BCUT2D eigenvalue weighted by molar-refractivity contribution is -0.137. The summed E-state index contributed by atoms with van der Waals surface area (Å²) in [4.78, 5) is 12.1. The minimum atomic E-state index is -4.53. The highest BCUT2D eigenvalue weighted by molar-refractivity contribution is 9.10. The zero-order valence-electron chi connectivity index (χ0n) is 10.6. The van der Waals surface area contributed by atoms with Gasteiger partial charge in [0, 0.05) is 4.47 Å². The summed E-state index contributed by atoms with van der Waals surface area (Å²) in [5.74, 6) is -0.660. The second-order valence-corrected chi connectivity index (χ2v) is 6.00. The van der Waals surface area contributed by atoms with Crippen LogP contribution in [0, 0.1) is 0 Å². The van der Waals surface area contributed by atoms with Gasteiger partial charge in [0.1, 0.15) is 0 Å². The maximum atomic E-state index is 12.7. The van der Waals surface area contributed by atoms with E-state index in [2.05, 4.69) is 21.2 Å². The van der Waals surface area contributed by atoms with Crippen molar-refractivity contribution in [2.24, 2.45) is 0 Å². The Morgan fingerprint density at radius 2 is 1.68 bits per heavy atom. The third kappa shape index (κ3) is 3.94. The first-order chi connectivity index (χ1) is 10.2. The standard InChI is InChI=1S/C14H7BrCl2F3NO/c15-8-2-4-10(16)9(6-8)13(22)21-12-5-7(14(18,19)20)1-3-11(12)17/h1-6H,(H,21,22). The Hall–Kier alpha value is -1.24. The van der Waals surface area contributed by atoms with Crippen LogP contribution in [-0.2, 0) is 6.18 Å². The molecule has 116 valence electrons. The summed E-state index contributed by atoms with van der Waals surface area (Å²) in [5.41, 5.74) is -0.936. The maximum absolute atomic E-state index is 12.7. The molecule has 2 aromatic rings. The van der Waals surface area contributed by atoms with Gasteiger partial charge in [-0.05, 0) is 36.4 Å². The second kappa shape index (κ2) is 6.48. The number of rotatable bonds is 2. The predicted molar refractivity (Wildman–Crippen MR) is 83.6 cm³/mol. The molecule has 0 bridgehead atoms. The van der Waals surface area contributed by atoms with Crippen LogP contribution in [0.1, 0.15) is 15.9 Å². The molecular formula is C14H7BrCl2F3NO. The molecule has 0 heterocycles. The average Bonchev–Trinajstić information content (AvgIpc) is 2.42.